The summed E-state index contributed by atoms with van der Waals surface area (Å²) in [5.41, 5.74) is 0. The lowest BCUT2D eigenvalue weighted by atomic mass is 10.1. The molecule has 0 aromatic carbocycles. The zero-order chi connectivity index (χ0) is 13.1. The highest BCUT2D eigenvalue weighted by Gasteiger charge is 2.29. The molecule has 0 amide bonds. The van der Waals surface area contributed by atoms with Gasteiger partial charge < -0.3 is 0 Å². The van der Waals surface area contributed by atoms with Crippen molar-refractivity contribution in [1.82, 2.24) is 4.90 Å². The predicted octanol–water partition coefficient (Wildman–Crippen LogP) is 4.09. The molecule has 2 rings (SSSR count). The van der Waals surface area contributed by atoms with Crippen molar-refractivity contribution in [1.29, 1.82) is 0 Å². The normalized spacial score (nSPS) is 17.1. The van der Waals surface area contributed by atoms with Gasteiger partial charge in [0.05, 0.1) is 15.3 Å². The summed E-state index contributed by atoms with van der Waals surface area (Å²) in [6, 6.07) is 3.62. The number of halogens is 1. The van der Waals surface area contributed by atoms with Crippen LogP contribution in [-0.4, -0.2) is 29.8 Å². The van der Waals surface area contributed by atoms with Crippen LogP contribution >= 0.6 is 22.9 Å². The number of carbonyl (C=O) groups is 1. The SMILES string of the molecule is CCCN(CC1CC1)C(C)C(=O)c1ccc(Cl)s1. The Morgan fingerprint density at radius 3 is 2.78 bits per heavy atom. The van der Waals surface area contributed by atoms with Gasteiger partial charge in [-0.15, -0.1) is 11.3 Å². The largest absolute Gasteiger partial charge is 0.293 e. The first-order valence-corrected chi connectivity index (χ1v) is 7.85. The van der Waals surface area contributed by atoms with Crippen molar-refractivity contribution in [3.63, 3.8) is 0 Å². The molecule has 1 aliphatic carbocycles. The molecule has 0 radical (unpaired) electrons. The number of hydrogen-bond donors (Lipinski definition) is 0. The molecule has 0 spiro atoms. The van der Waals surface area contributed by atoms with E-state index in [2.05, 4.69) is 11.8 Å². The zero-order valence-electron chi connectivity index (χ0n) is 11.0. The topological polar surface area (TPSA) is 20.3 Å². The van der Waals surface area contributed by atoms with E-state index >= 15 is 0 Å². The van der Waals surface area contributed by atoms with Crippen LogP contribution < -0.4 is 0 Å². The molecular weight excluding hydrogens is 266 g/mol. The van der Waals surface area contributed by atoms with Gasteiger partial charge in [0.15, 0.2) is 5.78 Å². The Kier molecular flexibility index (Phi) is 4.82. The van der Waals surface area contributed by atoms with E-state index in [0.717, 1.165) is 30.3 Å². The monoisotopic (exact) mass is 285 g/mol. The minimum absolute atomic E-state index is 0.0275. The number of ketones is 1. The Balaban J connectivity index is 2.01. The summed E-state index contributed by atoms with van der Waals surface area (Å²) in [5.74, 6) is 1.03. The summed E-state index contributed by atoms with van der Waals surface area (Å²) in [4.78, 5) is 15.5. The van der Waals surface area contributed by atoms with Gasteiger partial charge in [0.25, 0.3) is 0 Å². The van der Waals surface area contributed by atoms with Crippen molar-refractivity contribution >= 4 is 28.7 Å². The Bertz CT molecular complexity index is 414. The molecule has 1 aromatic rings. The minimum atomic E-state index is -0.0275. The third-order valence-electron chi connectivity index (χ3n) is 3.44. The van der Waals surface area contributed by atoms with Gasteiger partial charge >= 0.3 is 0 Å². The fourth-order valence-corrected chi connectivity index (χ4v) is 3.25. The highest BCUT2D eigenvalue weighted by Crippen LogP contribution is 2.31. The summed E-state index contributed by atoms with van der Waals surface area (Å²) in [6.07, 6.45) is 3.74. The molecule has 4 heteroatoms. The first-order chi connectivity index (χ1) is 8.61. The number of thiophene rings is 1. The highest BCUT2D eigenvalue weighted by atomic mass is 35.5. The van der Waals surface area contributed by atoms with Crippen molar-refractivity contribution in [3.8, 4) is 0 Å². The molecule has 1 heterocycles. The number of carbonyl (C=O) groups excluding carboxylic acids is 1. The second kappa shape index (κ2) is 6.18. The van der Waals surface area contributed by atoms with Crippen LogP contribution in [0.4, 0.5) is 0 Å². The second-order valence-corrected chi connectivity index (χ2v) is 6.80. The van der Waals surface area contributed by atoms with Gasteiger partial charge in [0.1, 0.15) is 0 Å². The van der Waals surface area contributed by atoms with Crippen molar-refractivity contribution in [2.24, 2.45) is 5.92 Å². The minimum Gasteiger partial charge on any atom is -0.293 e. The summed E-state index contributed by atoms with van der Waals surface area (Å²) < 4.78 is 0.690. The molecule has 1 fully saturated rings. The van der Waals surface area contributed by atoms with Crippen LogP contribution in [0.5, 0.6) is 0 Å². The molecule has 2 nitrogen and oxygen atoms in total. The van der Waals surface area contributed by atoms with Crippen LogP contribution in [0.25, 0.3) is 0 Å². The standard InChI is InChI=1S/C14H20ClNOS/c1-3-8-16(9-11-4-5-11)10(2)14(17)12-6-7-13(15)18-12/h6-7,10-11H,3-5,8-9H2,1-2H3. The second-order valence-electron chi connectivity index (χ2n) is 5.08. The van der Waals surface area contributed by atoms with Gasteiger partial charge in [-0.1, -0.05) is 18.5 Å². The maximum absolute atomic E-state index is 12.4. The molecule has 1 unspecified atom stereocenters. The molecule has 18 heavy (non-hydrogen) atoms. The third kappa shape index (κ3) is 3.56. The van der Waals surface area contributed by atoms with E-state index in [0.29, 0.717) is 4.34 Å². The van der Waals surface area contributed by atoms with Gasteiger partial charge in [0, 0.05) is 6.54 Å². The molecule has 0 saturated heterocycles. The summed E-state index contributed by atoms with van der Waals surface area (Å²) in [7, 11) is 0. The van der Waals surface area contributed by atoms with E-state index in [4.69, 9.17) is 11.6 Å². The number of rotatable bonds is 7. The Morgan fingerprint density at radius 2 is 2.28 bits per heavy atom. The lowest BCUT2D eigenvalue weighted by molar-refractivity contribution is 0.0835. The van der Waals surface area contributed by atoms with E-state index in [1.165, 1.54) is 24.2 Å². The molecule has 100 valence electrons. The Labute approximate surface area is 118 Å². The number of nitrogens with zero attached hydrogens (tertiary/aromatic N) is 1. The molecule has 1 saturated carbocycles. The Hall–Kier alpha value is -0.380. The van der Waals surface area contributed by atoms with Crippen LogP contribution in [0.15, 0.2) is 12.1 Å². The fraction of sp³-hybridized carbons (Fsp3) is 0.643. The number of hydrogen-bond acceptors (Lipinski definition) is 3. The molecular formula is C14H20ClNOS. The maximum Gasteiger partial charge on any atom is 0.189 e. The predicted molar refractivity (Wildman–Crippen MR) is 77.7 cm³/mol. The van der Waals surface area contributed by atoms with Gasteiger partial charge in [0.2, 0.25) is 0 Å². The molecule has 1 aliphatic rings. The van der Waals surface area contributed by atoms with Crippen LogP contribution in [0.1, 0.15) is 42.8 Å². The van der Waals surface area contributed by atoms with Gasteiger partial charge in [-0.3, -0.25) is 9.69 Å². The number of Topliss-reactive ketones (excluding diaryl/α,β-unsaturated/α-hetero) is 1. The smallest absolute Gasteiger partial charge is 0.189 e. The van der Waals surface area contributed by atoms with Crippen molar-refractivity contribution < 1.29 is 4.79 Å². The van der Waals surface area contributed by atoms with Gasteiger partial charge in [-0.05, 0) is 50.8 Å². The summed E-state index contributed by atoms with van der Waals surface area (Å²) in [5, 5.41) is 0. The van der Waals surface area contributed by atoms with Gasteiger partial charge in [-0.25, -0.2) is 0 Å². The van der Waals surface area contributed by atoms with Crippen molar-refractivity contribution in [2.45, 2.75) is 39.2 Å². The maximum atomic E-state index is 12.4. The van der Waals surface area contributed by atoms with Crippen LogP contribution in [0, 0.1) is 5.92 Å². The zero-order valence-corrected chi connectivity index (χ0v) is 12.6. The molecule has 0 aliphatic heterocycles. The van der Waals surface area contributed by atoms with Crippen molar-refractivity contribution in [3.05, 3.63) is 21.3 Å². The average molecular weight is 286 g/mol. The van der Waals surface area contributed by atoms with E-state index in [9.17, 15) is 4.79 Å². The molecule has 0 bridgehead atoms. The first-order valence-electron chi connectivity index (χ1n) is 6.65. The quantitative estimate of drug-likeness (QED) is 0.703. The van der Waals surface area contributed by atoms with Crippen LogP contribution in [-0.2, 0) is 0 Å². The van der Waals surface area contributed by atoms with E-state index < -0.39 is 0 Å². The van der Waals surface area contributed by atoms with Gasteiger partial charge in [-0.2, -0.15) is 0 Å². The van der Waals surface area contributed by atoms with Crippen LogP contribution in [0.2, 0.25) is 4.34 Å². The molecule has 0 N–H and O–H groups in total. The summed E-state index contributed by atoms with van der Waals surface area (Å²) >= 11 is 7.28. The Morgan fingerprint density at radius 1 is 1.56 bits per heavy atom. The summed E-state index contributed by atoms with van der Waals surface area (Å²) in [6.45, 7) is 6.26. The third-order valence-corrected chi connectivity index (χ3v) is 4.69. The van der Waals surface area contributed by atoms with E-state index in [1.807, 2.05) is 13.0 Å². The van der Waals surface area contributed by atoms with Crippen LogP contribution in [0.3, 0.4) is 0 Å². The lowest BCUT2D eigenvalue weighted by Crippen LogP contribution is -2.40. The fourth-order valence-electron chi connectivity index (χ4n) is 2.18. The van der Waals surface area contributed by atoms with E-state index in [1.54, 1.807) is 6.07 Å². The van der Waals surface area contributed by atoms with E-state index in [-0.39, 0.29) is 11.8 Å². The molecule has 1 aromatic heterocycles. The first kappa shape index (κ1) is 14.0. The highest BCUT2D eigenvalue weighted by molar-refractivity contribution is 7.18. The average Bonchev–Trinajstić information content (AvgIpc) is 3.07. The molecule has 1 atom stereocenters. The van der Waals surface area contributed by atoms with Crippen molar-refractivity contribution in [2.75, 3.05) is 13.1 Å². The lowest BCUT2D eigenvalue weighted by Gasteiger charge is -2.27.